The zero-order chi connectivity index (χ0) is 14.8. The van der Waals surface area contributed by atoms with Crippen molar-refractivity contribution in [1.29, 1.82) is 0 Å². The van der Waals surface area contributed by atoms with Crippen LogP contribution in [-0.2, 0) is 19.6 Å². The molecule has 0 radical (unpaired) electrons. The molecular weight excluding hydrogens is 286 g/mol. The zero-order valence-electron chi connectivity index (χ0n) is 12.0. The Morgan fingerprint density at radius 1 is 1.29 bits per heavy atom. The molecule has 2 aromatic rings. The third kappa shape index (κ3) is 2.85. The Morgan fingerprint density at radius 2 is 2.14 bits per heavy atom. The topological polar surface area (TPSA) is 44.5 Å². The van der Waals surface area contributed by atoms with E-state index in [1.807, 2.05) is 37.3 Å². The Labute approximate surface area is 129 Å². The molecule has 1 aliphatic heterocycles. The van der Waals surface area contributed by atoms with Crippen LogP contribution >= 0.6 is 11.6 Å². The molecule has 0 fully saturated rings. The van der Waals surface area contributed by atoms with Crippen LogP contribution in [0.4, 0.5) is 0 Å². The van der Waals surface area contributed by atoms with E-state index in [9.17, 15) is 0 Å². The average molecular weight is 304 g/mol. The number of halogens is 1. The molecule has 1 heterocycles. The van der Waals surface area contributed by atoms with Crippen molar-refractivity contribution < 1.29 is 9.47 Å². The summed E-state index contributed by atoms with van der Waals surface area (Å²) in [5.74, 6) is 1.77. The van der Waals surface area contributed by atoms with Crippen molar-refractivity contribution in [3.63, 3.8) is 0 Å². The van der Waals surface area contributed by atoms with Crippen LogP contribution in [0.3, 0.4) is 0 Å². The second-order valence-corrected chi connectivity index (χ2v) is 5.64. The summed E-state index contributed by atoms with van der Waals surface area (Å²) in [6, 6.07) is 9.87. The van der Waals surface area contributed by atoms with E-state index in [0.29, 0.717) is 19.8 Å². The summed E-state index contributed by atoms with van der Waals surface area (Å²) in [4.78, 5) is 0. The molecule has 0 bridgehead atoms. The molecule has 0 aliphatic carbocycles. The summed E-state index contributed by atoms with van der Waals surface area (Å²) in [5.41, 5.74) is 10.0. The first kappa shape index (κ1) is 14.2. The number of rotatable bonds is 4. The van der Waals surface area contributed by atoms with Crippen LogP contribution < -0.4 is 15.2 Å². The fraction of sp³-hybridized carbons (Fsp3) is 0.294. The van der Waals surface area contributed by atoms with Gasteiger partial charge in [0.25, 0.3) is 0 Å². The fourth-order valence-corrected chi connectivity index (χ4v) is 2.95. The number of ether oxygens (including phenoxy) is 2. The molecule has 110 valence electrons. The van der Waals surface area contributed by atoms with Crippen molar-refractivity contribution in [3.8, 4) is 11.5 Å². The van der Waals surface area contributed by atoms with Crippen molar-refractivity contribution in [1.82, 2.24) is 0 Å². The number of hydrogen-bond donors (Lipinski definition) is 1. The van der Waals surface area contributed by atoms with Crippen LogP contribution in [0.2, 0.25) is 5.02 Å². The SMILES string of the molecule is Cc1cccc(CN)c1OCc1cc(Cl)cc2c1OCC2. The van der Waals surface area contributed by atoms with Gasteiger partial charge >= 0.3 is 0 Å². The first-order chi connectivity index (χ1) is 10.2. The minimum absolute atomic E-state index is 0.431. The molecular formula is C17H18ClNO2. The molecule has 0 amide bonds. The molecule has 0 saturated heterocycles. The molecule has 0 saturated carbocycles. The maximum Gasteiger partial charge on any atom is 0.129 e. The van der Waals surface area contributed by atoms with E-state index >= 15 is 0 Å². The molecule has 2 aromatic carbocycles. The van der Waals surface area contributed by atoms with Gasteiger partial charge in [0.05, 0.1) is 6.61 Å². The van der Waals surface area contributed by atoms with Crippen molar-refractivity contribution >= 4 is 11.6 Å². The van der Waals surface area contributed by atoms with Crippen LogP contribution in [0, 0.1) is 6.92 Å². The Hall–Kier alpha value is -1.71. The summed E-state index contributed by atoms with van der Waals surface area (Å²) in [7, 11) is 0. The maximum atomic E-state index is 6.17. The van der Waals surface area contributed by atoms with E-state index in [-0.39, 0.29) is 0 Å². The van der Waals surface area contributed by atoms with Gasteiger partial charge in [0.2, 0.25) is 0 Å². The average Bonchev–Trinajstić information content (AvgIpc) is 2.93. The summed E-state index contributed by atoms with van der Waals surface area (Å²) in [5, 5.41) is 0.724. The van der Waals surface area contributed by atoms with E-state index in [0.717, 1.165) is 45.2 Å². The van der Waals surface area contributed by atoms with E-state index in [2.05, 4.69) is 0 Å². The number of para-hydroxylation sites is 1. The summed E-state index contributed by atoms with van der Waals surface area (Å²) >= 11 is 6.17. The third-order valence-corrected chi connectivity index (χ3v) is 3.93. The minimum atomic E-state index is 0.431. The summed E-state index contributed by atoms with van der Waals surface area (Å²) in [6.45, 7) is 3.62. The second kappa shape index (κ2) is 5.96. The van der Waals surface area contributed by atoms with Gasteiger partial charge in [-0.2, -0.15) is 0 Å². The predicted octanol–water partition coefficient (Wildman–Crippen LogP) is 3.62. The van der Waals surface area contributed by atoms with Crippen molar-refractivity contribution in [2.24, 2.45) is 5.73 Å². The second-order valence-electron chi connectivity index (χ2n) is 5.21. The van der Waals surface area contributed by atoms with Crippen LogP contribution in [0.15, 0.2) is 30.3 Å². The largest absolute Gasteiger partial charge is 0.493 e. The molecule has 0 atom stereocenters. The Kier molecular flexibility index (Phi) is 4.04. The number of fused-ring (bicyclic) bond motifs is 1. The van der Waals surface area contributed by atoms with Gasteiger partial charge in [-0.3, -0.25) is 0 Å². The van der Waals surface area contributed by atoms with Crippen LogP contribution in [0.1, 0.15) is 22.3 Å². The maximum absolute atomic E-state index is 6.17. The minimum Gasteiger partial charge on any atom is -0.493 e. The summed E-state index contributed by atoms with van der Waals surface area (Å²) in [6.07, 6.45) is 0.904. The first-order valence-corrected chi connectivity index (χ1v) is 7.42. The normalized spacial score (nSPS) is 12.9. The van der Waals surface area contributed by atoms with Crippen LogP contribution in [0.25, 0.3) is 0 Å². The molecule has 2 N–H and O–H groups in total. The smallest absolute Gasteiger partial charge is 0.129 e. The lowest BCUT2D eigenvalue weighted by Crippen LogP contribution is -2.05. The lowest BCUT2D eigenvalue weighted by Gasteiger charge is -2.15. The Balaban J connectivity index is 1.86. The molecule has 0 unspecified atom stereocenters. The van der Waals surface area contributed by atoms with Gasteiger partial charge in [-0.25, -0.2) is 0 Å². The molecule has 1 aliphatic rings. The third-order valence-electron chi connectivity index (χ3n) is 3.71. The van der Waals surface area contributed by atoms with E-state index in [1.54, 1.807) is 0 Å². The van der Waals surface area contributed by atoms with Crippen molar-refractivity contribution in [3.05, 3.63) is 57.6 Å². The van der Waals surface area contributed by atoms with Gasteiger partial charge in [-0.15, -0.1) is 0 Å². The molecule has 3 rings (SSSR count). The van der Waals surface area contributed by atoms with E-state index < -0.39 is 0 Å². The first-order valence-electron chi connectivity index (χ1n) is 7.04. The van der Waals surface area contributed by atoms with Crippen molar-refractivity contribution in [2.45, 2.75) is 26.5 Å². The highest BCUT2D eigenvalue weighted by molar-refractivity contribution is 6.30. The molecule has 3 nitrogen and oxygen atoms in total. The van der Waals surface area contributed by atoms with Gasteiger partial charge in [0, 0.05) is 29.1 Å². The molecule has 4 heteroatoms. The van der Waals surface area contributed by atoms with Crippen LogP contribution in [-0.4, -0.2) is 6.61 Å². The van der Waals surface area contributed by atoms with E-state index in [4.69, 9.17) is 26.8 Å². The van der Waals surface area contributed by atoms with Gasteiger partial charge in [-0.05, 0) is 30.2 Å². The van der Waals surface area contributed by atoms with Gasteiger partial charge in [-0.1, -0.05) is 29.8 Å². The molecule has 0 spiro atoms. The lowest BCUT2D eigenvalue weighted by molar-refractivity contribution is 0.288. The highest BCUT2D eigenvalue weighted by Gasteiger charge is 2.18. The van der Waals surface area contributed by atoms with Crippen LogP contribution in [0.5, 0.6) is 11.5 Å². The molecule has 0 aromatic heterocycles. The lowest BCUT2D eigenvalue weighted by atomic mass is 10.1. The number of aryl methyl sites for hydroxylation is 1. The fourth-order valence-electron chi connectivity index (χ4n) is 2.68. The quantitative estimate of drug-likeness (QED) is 0.938. The van der Waals surface area contributed by atoms with Gasteiger partial charge in [0.1, 0.15) is 18.1 Å². The van der Waals surface area contributed by atoms with Crippen molar-refractivity contribution in [2.75, 3.05) is 6.61 Å². The Morgan fingerprint density at radius 3 is 2.95 bits per heavy atom. The Bertz CT molecular complexity index is 670. The molecule has 21 heavy (non-hydrogen) atoms. The highest BCUT2D eigenvalue weighted by Crippen LogP contribution is 2.34. The van der Waals surface area contributed by atoms with Gasteiger partial charge < -0.3 is 15.2 Å². The monoisotopic (exact) mass is 303 g/mol. The summed E-state index contributed by atoms with van der Waals surface area (Å²) < 4.78 is 11.7. The zero-order valence-corrected chi connectivity index (χ0v) is 12.7. The number of benzene rings is 2. The number of hydrogen-bond acceptors (Lipinski definition) is 3. The van der Waals surface area contributed by atoms with Gasteiger partial charge in [0.15, 0.2) is 0 Å². The standard InChI is InChI=1S/C17H18ClNO2/c1-11-3-2-4-13(9-19)16(11)21-10-14-8-15(18)7-12-5-6-20-17(12)14/h2-4,7-8H,5-6,9-10,19H2,1H3. The highest BCUT2D eigenvalue weighted by atomic mass is 35.5. The predicted molar refractivity (Wildman–Crippen MR) is 84.1 cm³/mol. The number of nitrogens with two attached hydrogens (primary N) is 1. The van der Waals surface area contributed by atoms with E-state index in [1.165, 1.54) is 0 Å².